The molecule has 3 aromatic carbocycles. The van der Waals surface area contributed by atoms with Crippen LogP contribution in [0.25, 0.3) is 6.08 Å². The molecule has 0 spiro atoms. The minimum Gasteiger partial charge on any atom is -1.00 e. The largest absolute Gasteiger partial charge is 1.00 e. The third-order valence-corrected chi connectivity index (χ3v) is 7.05. The Bertz CT molecular complexity index is 961. The average molecular weight is 529 g/mol. The van der Waals surface area contributed by atoms with Gasteiger partial charge in [0.15, 0.2) is 5.69 Å². The lowest BCUT2D eigenvalue weighted by atomic mass is 10.0. The highest BCUT2D eigenvalue weighted by Crippen LogP contribution is 2.54. The molecule has 2 unspecified atom stereocenters. The molecule has 1 aliphatic rings. The van der Waals surface area contributed by atoms with Gasteiger partial charge in [-0.15, -0.1) is 0 Å². The molecule has 0 aliphatic carbocycles. The number of aryl methyl sites for hydroxylation is 1. The molecule has 4 heteroatoms. The number of benzene rings is 3. The van der Waals surface area contributed by atoms with Crippen LogP contribution >= 0.6 is 11.8 Å². The van der Waals surface area contributed by atoms with Gasteiger partial charge in [0.2, 0.25) is 5.50 Å². The molecule has 0 radical (unpaired) electrons. The normalized spacial score (nSPS) is 19.7. The molecule has 0 bridgehead atoms. The Kier molecular flexibility index (Phi) is 8.17. The summed E-state index contributed by atoms with van der Waals surface area (Å²) in [5.74, 6) is 0. The van der Waals surface area contributed by atoms with Crippen LogP contribution in [0.15, 0.2) is 90.3 Å². The van der Waals surface area contributed by atoms with Crippen molar-refractivity contribution in [1.29, 1.82) is 0 Å². The van der Waals surface area contributed by atoms with E-state index in [-0.39, 0.29) is 29.5 Å². The van der Waals surface area contributed by atoms with Crippen LogP contribution in [-0.4, -0.2) is 12.0 Å². The molecule has 3 aromatic rings. The summed E-state index contributed by atoms with van der Waals surface area (Å²) in [6.07, 6.45) is 6.66. The van der Waals surface area contributed by atoms with Gasteiger partial charge in [-0.2, -0.15) is 0 Å². The van der Waals surface area contributed by atoms with Gasteiger partial charge in [-0.3, -0.25) is 5.73 Å². The molecule has 2 N–H and O–H groups in total. The second kappa shape index (κ2) is 10.6. The van der Waals surface area contributed by atoms with Gasteiger partial charge in [0, 0.05) is 5.56 Å². The number of unbranched alkanes of at least 4 members (excludes halogenated alkanes) is 2. The van der Waals surface area contributed by atoms with Gasteiger partial charge in [-0.25, -0.2) is 4.48 Å². The van der Waals surface area contributed by atoms with Gasteiger partial charge in [0.1, 0.15) is 5.69 Å². The lowest BCUT2D eigenvalue weighted by Crippen LogP contribution is -3.00. The van der Waals surface area contributed by atoms with E-state index in [1.54, 1.807) is 11.8 Å². The van der Waals surface area contributed by atoms with Crippen molar-refractivity contribution in [3.8, 4) is 0 Å². The van der Waals surface area contributed by atoms with E-state index in [0.717, 1.165) is 19.4 Å². The molecule has 4 rings (SSSR count). The fraction of sp³-hybridized carbons (Fsp3) is 0.231. The molecule has 156 valence electrons. The van der Waals surface area contributed by atoms with Crippen molar-refractivity contribution in [1.82, 2.24) is 4.48 Å². The Labute approximate surface area is 201 Å². The predicted octanol–water partition coefficient (Wildman–Crippen LogP) is 3.73. The first-order valence-corrected chi connectivity index (χ1v) is 11.3. The van der Waals surface area contributed by atoms with Crippen LogP contribution in [-0.2, 0) is 6.42 Å². The Balaban J connectivity index is 0.00000256. The third-order valence-electron chi connectivity index (χ3n) is 5.87. The maximum atomic E-state index is 6.83. The second-order valence-corrected chi connectivity index (χ2v) is 8.79. The summed E-state index contributed by atoms with van der Waals surface area (Å²) >= 11 is 1.79. The Morgan fingerprint density at radius 1 is 0.867 bits per heavy atom. The van der Waals surface area contributed by atoms with E-state index in [9.17, 15) is 0 Å². The minimum atomic E-state index is -0.0392. The first-order chi connectivity index (χ1) is 14.3. The number of halogens is 1. The highest BCUT2D eigenvalue weighted by Gasteiger charge is 2.48. The first-order valence-electron chi connectivity index (χ1n) is 10.4. The number of hydrogen-bond donors (Lipinski definition) is 1. The zero-order valence-electron chi connectivity index (χ0n) is 17.2. The number of fused-ring (bicyclic) bond motifs is 1. The molecular weight excluding hydrogens is 499 g/mol. The molecular formula is C26H29IN2S. The van der Waals surface area contributed by atoms with Gasteiger partial charge in [0.05, 0.1) is 11.4 Å². The van der Waals surface area contributed by atoms with E-state index in [2.05, 4.69) is 85.4 Å². The molecule has 0 saturated heterocycles. The molecule has 30 heavy (non-hydrogen) atoms. The summed E-state index contributed by atoms with van der Waals surface area (Å²) in [5.41, 5.74) is 12.0. The first kappa shape index (κ1) is 23.1. The summed E-state index contributed by atoms with van der Waals surface area (Å²) in [6, 6.07) is 28.0. The molecule has 2 nitrogen and oxygen atoms in total. The lowest BCUT2D eigenvalue weighted by Gasteiger charge is -2.38. The van der Waals surface area contributed by atoms with Gasteiger partial charge in [0.25, 0.3) is 0 Å². The monoisotopic (exact) mass is 528 g/mol. The van der Waals surface area contributed by atoms with Gasteiger partial charge in [-0.1, -0.05) is 67.3 Å². The van der Waals surface area contributed by atoms with E-state index in [1.807, 2.05) is 6.08 Å². The number of thioether (sulfide) groups is 1. The van der Waals surface area contributed by atoms with Crippen LogP contribution in [0.4, 0.5) is 11.4 Å². The Morgan fingerprint density at radius 3 is 2.27 bits per heavy atom. The van der Waals surface area contributed by atoms with Crippen molar-refractivity contribution in [3.63, 3.8) is 0 Å². The zero-order chi connectivity index (χ0) is 20.1. The highest BCUT2D eigenvalue weighted by molar-refractivity contribution is 8.00. The summed E-state index contributed by atoms with van der Waals surface area (Å²) in [4.78, 5) is 1.28. The maximum Gasteiger partial charge on any atom is 0.202 e. The van der Waals surface area contributed by atoms with Crippen LogP contribution in [0.5, 0.6) is 0 Å². The highest BCUT2D eigenvalue weighted by atomic mass is 127. The quantitative estimate of drug-likeness (QED) is 0.274. The van der Waals surface area contributed by atoms with Crippen LogP contribution in [0, 0.1) is 0 Å². The van der Waals surface area contributed by atoms with E-state index in [0.29, 0.717) is 4.48 Å². The molecule has 2 atom stereocenters. The summed E-state index contributed by atoms with van der Waals surface area (Å²) in [5, 5.41) is 0. The van der Waals surface area contributed by atoms with Crippen molar-refractivity contribution in [2.45, 2.75) is 36.1 Å². The zero-order valence-corrected chi connectivity index (χ0v) is 20.2. The van der Waals surface area contributed by atoms with E-state index in [4.69, 9.17) is 5.73 Å². The van der Waals surface area contributed by atoms with E-state index < -0.39 is 0 Å². The third kappa shape index (κ3) is 4.52. The van der Waals surface area contributed by atoms with Gasteiger partial charge >= 0.3 is 0 Å². The standard InChI is InChI=1S/C26H29N2S.HI/c1-2-22-16-12-19-24-25(22)28(26(27)29-24,23-17-9-4-10-18-23)20-11-5-8-15-21-13-6-3-7-14-21;/h2-4,6-7,9-10,12-14,16-19,26H,1,5,8,11,15,20,27H2;1H/q+1;/p-1. The fourth-order valence-corrected chi connectivity index (χ4v) is 5.75. The smallest absolute Gasteiger partial charge is 0.202 e. The number of hydrogen-bond acceptors (Lipinski definition) is 2. The van der Waals surface area contributed by atoms with Crippen molar-refractivity contribution < 1.29 is 24.0 Å². The molecule has 1 aliphatic heterocycles. The van der Waals surface area contributed by atoms with Crippen LogP contribution in [0.3, 0.4) is 0 Å². The molecule has 0 fully saturated rings. The molecule has 0 aromatic heterocycles. The van der Waals surface area contributed by atoms with Crippen molar-refractivity contribution in [2.24, 2.45) is 5.73 Å². The van der Waals surface area contributed by atoms with Crippen molar-refractivity contribution in [3.05, 3.63) is 96.6 Å². The van der Waals surface area contributed by atoms with E-state index in [1.165, 1.54) is 40.2 Å². The van der Waals surface area contributed by atoms with Crippen LogP contribution < -0.4 is 34.2 Å². The maximum absolute atomic E-state index is 6.83. The predicted molar refractivity (Wildman–Crippen MR) is 127 cm³/mol. The van der Waals surface area contributed by atoms with E-state index >= 15 is 0 Å². The summed E-state index contributed by atoms with van der Waals surface area (Å²) in [6.45, 7) is 5.08. The van der Waals surface area contributed by atoms with Crippen molar-refractivity contribution >= 4 is 29.2 Å². The minimum absolute atomic E-state index is 0. The molecule has 0 saturated carbocycles. The number of quaternary nitrogens is 1. The Hall–Kier alpha value is -1.60. The van der Waals surface area contributed by atoms with Crippen LogP contribution in [0.1, 0.15) is 30.4 Å². The number of para-hydroxylation sites is 2. The number of nitrogens with two attached hydrogens (primary N) is 1. The topological polar surface area (TPSA) is 26.0 Å². The van der Waals surface area contributed by atoms with Gasteiger partial charge < -0.3 is 24.0 Å². The number of nitrogens with zero attached hydrogens (tertiary/aromatic N) is 1. The summed E-state index contributed by atoms with van der Waals surface area (Å²) in [7, 11) is 0. The number of rotatable bonds is 8. The fourth-order valence-electron chi connectivity index (χ4n) is 4.42. The van der Waals surface area contributed by atoms with Crippen LogP contribution in [0.2, 0.25) is 0 Å². The lowest BCUT2D eigenvalue weighted by molar-refractivity contribution is -0.00000574. The van der Waals surface area contributed by atoms with Crippen molar-refractivity contribution in [2.75, 3.05) is 6.54 Å². The molecule has 1 heterocycles. The van der Waals surface area contributed by atoms with Gasteiger partial charge in [-0.05, 0) is 67.3 Å². The SMILES string of the molecule is C=Cc1cccc2c1[N+](CCCCCc1ccccc1)(c1ccccc1)C(N)S2.[I-]. The second-order valence-electron chi connectivity index (χ2n) is 7.63. The molecule has 0 amide bonds. The Morgan fingerprint density at radius 2 is 1.57 bits per heavy atom. The average Bonchev–Trinajstić information content (AvgIpc) is 3.07. The summed E-state index contributed by atoms with van der Waals surface area (Å²) < 4.78 is 0.703.